The van der Waals surface area contributed by atoms with E-state index in [4.69, 9.17) is 16.3 Å². The van der Waals surface area contributed by atoms with Crippen LogP contribution in [0.5, 0.6) is 0 Å². The van der Waals surface area contributed by atoms with Crippen molar-refractivity contribution in [1.82, 2.24) is 0 Å². The van der Waals surface area contributed by atoms with E-state index in [1.165, 1.54) is 28.8 Å². The van der Waals surface area contributed by atoms with Crippen LogP contribution >= 0.6 is 23.4 Å². The monoisotopic (exact) mass is 408 g/mol. The van der Waals surface area contributed by atoms with E-state index >= 15 is 0 Å². The summed E-state index contributed by atoms with van der Waals surface area (Å²) in [6, 6.07) is 11.0. The summed E-state index contributed by atoms with van der Waals surface area (Å²) in [6.07, 6.45) is 0. The van der Waals surface area contributed by atoms with Crippen molar-refractivity contribution in [3.63, 3.8) is 0 Å². The third-order valence-electron chi connectivity index (χ3n) is 3.66. The molecule has 0 spiro atoms. The number of ether oxygens (including phenoxy) is 1. The number of nitrogens with one attached hydrogen (secondary N) is 1. The molecule has 0 unspecified atom stereocenters. The third-order valence-corrected chi connectivity index (χ3v) is 4.95. The van der Waals surface area contributed by atoms with E-state index < -0.39 is 24.3 Å². The van der Waals surface area contributed by atoms with Crippen LogP contribution in [0.2, 0.25) is 5.02 Å². The molecule has 0 radical (unpaired) electrons. The molecule has 2 amide bonds. The number of hydrogen-bond donors (Lipinski definition) is 1. The first kappa shape index (κ1) is 19.2. The number of fused-ring (bicyclic) bond motifs is 1. The summed E-state index contributed by atoms with van der Waals surface area (Å²) in [5, 5.41) is 2.48. The van der Waals surface area contributed by atoms with Gasteiger partial charge in [-0.15, -0.1) is 11.8 Å². The van der Waals surface area contributed by atoms with Crippen molar-refractivity contribution in [2.75, 3.05) is 29.1 Å². The Hall–Kier alpha value is -2.58. The molecule has 0 atom stereocenters. The minimum Gasteiger partial charge on any atom is -0.454 e. The lowest BCUT2D eigenvalue weighted by Crippen LogP contribution is -2.40. The maximum Gasteiger partial charge on any atom is 0.326 e. The van der Waals surface area contributed by atoms with Crippen molar-refractivity contribution in [2.45, 2.75) is 4.90 Å². The number of benzene rings is 2. The molecule has 2 aromatic carbocycles. The standard InChI is InChI=1S/C18H14ClFN2O4S/c19-11-5-6-13(12(20)7-11)21-16(23)9-26-18(25)8-22-14-3-1-2-4-15(14)27-10-17(22)24/h1-7H,8-10H2,(H,21,23). The maximum atomic E-state index is 13.6. The number of anilines is 2. The van der Waals surface area contributed by atoms with Crippen LogP contribution in [0.1, 0.15) is 0 Å². The zero-order chi connectivity index (χ0) is 19.4. The second kappa shape index (κ2) is 8.41. The molecule has 0 aromatic heterocycles. The molecule has 140 valence electrons. The molecule has 0 saturated carbocycles. The Bertz CT molecular complexity index is 909. The lowest BCUT2D eigenvalue weighted by Gasteiger charge is -2.27. The normalized spacial score (nSPS) is 13.1. The van der Waals surface area contributed by atoms with Gasteiger partial charge in [-0.25, -0.2) is 4.39 Å². The number of halogens is 2. The molecule has 1 heterocycles. The summed E-state index contributed by atoms with van der Waals surface area (Å²) in [4.78, 5) is 38.2. The molecule has 2 aromatic rings. The summed E-state index contributed by atoms with van der Waals surface area (Å²) < 4.78 is 18.6. The van der Waals surface area contributed by atoms with Crippen LogP contribution in [0, 0.1) is 5.82 Å². The Morgan fingerprint density at radius 1 is 1.26 bits per heavy atom. The maximum absolute atomic E-state index is 13.6. The van der Waals surface area contributed by atoms with Crippen molar-refractivity contribution < 1.29 is 23.5 Å². The predicted octanol–water partition coefficient (Wildman–Crippen LogP) is 3.10. The van der Waals surface area contributed by atoms with Gasteiger partial charge in [0, 0.05) is 9.92 Å². The van der Waals surface area contributed by atoms with Gasteiger partial charge < -0.3 is 10.1 Å². The first-order valence-corrected chi connectivity index (χ1v) is 9.23. The molecule has 27 heavy (non-hydrogen) atoms. The van der Waals surface area contributed by atoms with E-state index in [0.29, 0.717) is 5.69 Å². The molecule has 0 fully saturated rings. The van der Waals surface area contributed by atoms with Crippen molar-refractivity contribution >= 4 is 52.5 Å². The minimum absolute atomic E-state index is 0.0717. The molecule has 0 aliphatic carbocycles. The fraction of sp³-hybridized carbons (Fsp3) is 0.167. The van der Waals surface area contributed by atoms with Crippen molar-refractivity contribution in [3.05, 3.63) is 53.3 Å². The summed E-state index contributed by atoms with van der Waals surface area (Å²) in [5.74, 6) is -2.14. The molecule has 1 N–H and O–H groups in total. The number of hydrogen-bond acceptors (Lipinski definition) is 5. The number of amides is 2. The molecule has 3 rings (SSSR count). The molecule has 9 heteroatoms. The Morgan fingerprint density at radius 2 is 2.04 bits per heavy atom. The third kappa shape index (κ3) is 4.78. The summed E-state index contributed by atoms with van der Waals surface area (Å²) in [7, 11) is 0. The van der Waals surface area contributed by atoms with Crippen LogP contribution in [0.15, 0.2) is 47.4 Å². The molecule has 1 aliphatic rings. The highest BCUT2D eigenvalue weighted by atomic mass is 35.5. The second-order valence-corrected chi connectivity index (χ2v) is 7.02. The van der Waals surface area contributed by atoms with Gasteiger partial charge in [0.15, 0.2) is 6.61 Å². The smallest absolute Gasteiger partial charge is 0.326 e. The van der Waals surface area contributed by atoms with Crippen LogP contribution < -0.4 is 10.2 Å². The molecular weight excluding hydrogens is 395 g/mol. The number of esters is 1. The number of nitrogens with zero attached hydrogens (tertiary/aromatic N) is 1. The van der Waals surface area contributed by atoms with Crippen LogP contribution in [0.4, 0.5) is 15.8 Å². The molecule has 0 bridgehead atoms. The van der Waals surface area contributed by atoms with E-state index in [2.05, 4.69) is 5.32 Å². The quantitative estimate of drug-likeness (QED) is 0.769. The lowest BCUT2D eigenvalue weighted by atomic mass is 10.2. The fourth-order valence-electron chi connectivity index (χ4n) is 2.43. The zero-order valence-corrected chi connectivity index (χ0v) is 15.5. The Labute approximate surface area is 163 Å². The highest BCUT2D eigenvalue weighted by molar-refractivity contribution is 8.00. The second-order valence-electron chi connectivity index (χ2n) is 5.57. The van der Waals surface area contributed by atoms with E-state index in [0.717, 1.165) is 11.0 Å². The molecular formula is C18H14ClFN2O4S. The first-order chi connectivity index (χ1) is 12.9. The molecule has 1 aliphatic heterocycles. The summed E-state index contributed by atoms with van der Waals surface area (Å²) in [6.45, 7) is -0.904. The van der Waals surface area contributed by atoms with Gasteiger partial charge in [-0.1, -0.05) is 23.7 Å². The number of thioether (sulfide) groups is 1. The van der Waals surface area contributed by atoms with E-state index in [-0.39, 0.29) is 28.9 Å². The van der Waals surface area contributed by atoms with Gasteiger partial charge in [0.25, 0.3) is 5.91 Å². The summed E-state index contributed by atoms with van der Waals surface area (Å²) in [5.41, 5.74) is 0.556. The Balaban J connectivity index is 1.55. The van der Waals surface area contributed by atoms with E-state index in [1.54, 1.807) is 12.1 Å². The highest BCUT2D eigenvalue weighted by Gasteiger charge is 2.27. The van der Waals surface area contributed by atoms with E-state index in [1.807, 2.05) is 12.1 Å². The average molecular weight is 409 g/mol. The Kier molecular flexibility index (Phi) is 5.98. The largest absolute Gasteiger partial charge is 0.454 e. The first-order valence-electron chi connectivity index (χ1n) is 7.87. The summed E-state index contributed by atoms with van der Waals surface area (Å²) >= 11 is 7.04. The van der Waals surface area contributed by atoms with Gasteiger partial charge in [0.05, 0.1) is 17.1 Å². The number of rotatable bonds is 5. The van der Waals surface area contributed by atoms with Gasteiger partial charge in [-0.2, -0.15) is 0 Å². The van der Waals surface area contributed by atoms with Crippen LogP contribution in [0.3, 0.4) is 0 Å². The lowest BCUT2D eigenvalue weighted by molar-refractivity contribution is -0.146. The van der Waals surface area contributed by atoms with E-state index in [9.17, 15) is 18.8 Å². The number of carbonyl (C=O) groups excluding carboxylic acids is 3. The van der Waals surface area contributed by atoms with Gasteiger partial charge >= 0.3 is 5.97 Å². The number of carbonyl (C=O) groups is 3. The van der Waals surface area contributed by atoms with Gasteiger partial charge in [-0.3, -0.25) is 19.3 Å². The SMILES string of the molecule is O=C(COC(=O)CN1C(=O)CSc2ccccc21)Nc1ccc(Cl)cc1F. The van der Waals surface area contributed by atoms with Gasteiger partial charge in [-0.05, 0) is 30.3 Å². The Morgan fingerprint density at radius 3 is 2.81 bits per heavy atom. The topological polar surface area (TPSA) is 75.7 Å². The fourth-order valence-corrected chi connectivity index (χ4v) is 3.52. The minimum atomic E-state index is -0.739. The van der Waals surface area contributed by atoms with Gasteiger partial charge in [0.1, 0.15) is 12.4 Å². The van der Waals surface area contributed by atoms with Crippen LogP contribution in [0.25, 0.3) is 0 Å². The van der Waals surface area contributed by atoms with Crippen molar-refractivity contribution in [2.24, 2.45) is 0 Å². The van der Waals surface area contributed by atoms with Gasteiger partial charge in [0.2, 0.25) is 5.91 Å². The van der Waals surface area contributed by atoms with Crippen LogP contribution in [-0.2, 0) is 19.1 Å². The zero-order valence-electron chi connectivity index (χ0n) is 13.9. The van der Waals surface area contributed by atoms with Crippen molar-refractivity contribution in [3.8, 4) is 0 Å². The highest BCUT2D eigenvalue weighted by Crippen LogP contribution is 2.34. The predicted molar refractivity (Wildman–Crippen MR) is 101 cm³/mol. The van der Waals surface area contributed by atoms with Crippen molar-refractivity contribution in [1.29, 1.82) is 0 Å². The van der Waals surface area contributed by atoms with Crippen LogP contribution in [-0.4, -0.2) is 36.7 Å². The molecule has 0 saturated heterocycles. The average Bonchev–Trinajstić information content (AvgIpc) is 2.65. The number of para-hydroxylation sites is 1. The molecule has 6 nitrogen and oxygen atoms in total.